The molecule has 0 saturated heterocycles. The van der Waals surface area contributed by atoms with Gasteiger partial charge in [-0.3, -0.25) is 14.4 Å². The highest BCUT2D eigenvalue weighted by atomic mass is 16.6. The molecule has 1 aliphatic rings. The van der Waals surface area contributed by atoms with E-state index >= 15 is 0 Å². The molecule has 4 aromatic rings. The first-order valence-electron chi connectivity index (χ1n) is 12.9. The Balaban J connectivity index is 1.29. The summed E-state index contributed by atoms with van der Waals surface area (Å²) in [6.07, 6.45) is 2.88. The highest BCUT2D eigenvalue weighted by molar-refractivity contribution is 6.34. The summed E-state index contributed by atoms with van der Waals surface area (Å²) < 4.78 is 16.4. The zero-order valence-electron chi connectivity index (χ0n) is 22.3. The van der Waals surface area contributed by atoms with Gasteiger partial charge >= 0.3 is 5.97 Å². The van der Waals surface area contributed by atoms with Crippen LogP contribution in [-0.4, -0.2) is 30.3 Å². The molecular formula is C32H23N3O7. The average Bonchev–Trinajstić information content (AvgIpc) is 3.62. The second-order valence-electron chi connectivity index (χ2n) is 9.00. The standard InChI is InChI=1S/C32H23N3O7/c1-2-40-28-17-20(16-22(18-33)29(36)34-19-24-6-5-15-41-24)9-14-27(28)42-32(39)21-10-12-23(13-11-21)35-30(37)25-7-3-4-8-26(25)31(35)38/h3-17H,2,19H2,1H3,(H,34,36)/b22-16+. The Morgan fingerprint density at radius 1 is 0.952 bits per heavy atom. The summed E-state index contributed by atoms with van der Waals surface area (Å²) in [5.74, 6) is -1.23. The van der Waals surface area contributed by atoms with Gasteiger partial charge in [0.15, 0.2) is 11.5 Å². The molecule has 2 heterocycles. The van der Waals surface area contributed by atoms with Gasteiger partial charge < -0.3 is 19.2 Å². The number of carbonyl (C=O) groups is 4. The topological polar surface area (TPSA) is 139 Å². The van der Waals surface area contributed by atoms with Gasteiger partial charge in [-0.15, -0.1) is 0 Å². The molecule has 1 aromatic heterocycles. The quantitative estimate of drug-likeness (QED) is 0.0999. The lowest BCUT2D eigenvalue weighted by atomic mass is 10.1. The van der Waals surface area contributed by atoms with Gasteiger partial charge in [0, 0.05) is 0 Å². The monoisotopic (exact) mass is 561 g/mol. The third-order valence-electron chi connectivity index (χ3n) is 6.30. The Hall–Kier alpha value is -5.95. The predicted molar refractivity (Wildman–Crippen MR) is 151 cm³/mol. The maximum Gasteiger partial charge on any atom is 0.343 e. The Bertz CT molecular complexity index is 1710. The predicted octanol–water partition coefficient (Wildman–Crippen LogP) is 4.92. The van der Waals surface area contributed by atoms with Crippen LogP contribution >= 0.6 is 0 Å². The summed E-state index contributed by atoms with van der Waals surface area (Å²) in [4.78, 5) is 52.0. The van der Waals surface area contributed by atoms with Gasteiger partial charge in [0.05, 0.1) is 41.8 Å². The van der Waals surface area contributed by atoms with E-state index < -0.39 is 23.7 Å². The number of rotatable bonds is 9. The molecule has 1 aliphatic heterocycles. The van der Waals surface area contributed by atoms with Crippen LogP contribution in [0.25, 0.3) is 6.08 Å². The number of esters is 1. The molecule has 0 unspecified atom stereocenters. The summed E-state index contributed by atoms with van der Waals surface area (Å²) in [5.41, 5.74) is 1.50. The Morgan fingerprint density at radius 3 is 2.29 bits per heavy atom. The van der Waals surface area contributed by atoms with Crippen molar-refractivity contribution in [3.63, 3.8) is 0 Å². The SMILES string of the molecule is CCOc1cc(/C=C(\C#N)C(=O)NCc2ccco2)ccc1OC(=O)c1ccc(N2C(=O)c3ccccc3C2=O)cc1. The van der Waals surface area contributed by atoms with E-state index in [1.807, 2.05) is 6.07 Å². The molecule has 1 N–H and O–H groups in total. The Kier molecular flexibility index (Phi) is 7.93. The number of nitrogens with zero attached hydrogens (tertiary/aromatic N) is 2. The lowest BCUT2D eigenvalue weighted by Crippen LogP contribution is -2.29. The van der Waals surface area contributed by atoms with Gasteiger partial charge in [-0.2, -0.15) is 5.26 Å². The van der Waals surface area contributed by atoms with E-state index in [-0.39, 0.29) is 35.8 Å². The molecular weight excluding hydrogens is 538 g/mol. The molecule has 42 heavy (non-hydrogen) atoms. The third kappa shape index (κ3) is 5.66. The van der Waals surface area contributed by atoms with Crippen LogP contribution in [0.3, 0.4) is 0 Å². The minimum atomic E-state index is -0.692. The van der Waals surface area contributed by atoms with Crippen LogP contribution in [0.5, 0.6) is 11.5 Å². The van der Waals surface area contributed by atoms with E-state index in [4.69, 9.17) is 13.9 Å². The second kappa shape index (κ2) is 12.1. The maximum atomic E-state index is 12.9. The number of hydrogen-bond donors (Lipinski definition) is 1. The summed E-state index contributed by atoms with van der Waals surface area (Å²) in [6.45, 7) is 2.15. The average molecular weight is 562 g/mol. The van der Waals surface area contributed by atoms with Crippen LogP contribution in [0, 0.1) is 11.3 Å². The Morgan fingerprint density at radius 2 is 1.67 bits per heavy atom. The zero-order valence-corrected chi connectivity index (χ0v) is 22.3. The molecule has 10 nitrogen and oxygen atoms in total. The summed E-state index contributed by atoms with van der Waals surface area (Å²) in [6, 6.07) is 22.4. The van der Waals surface area contributed by atoms with E-state index in [1.54, 1.807) is 55.5 Å². The number of amides is 3. The van der Waals surface area contributed by atoms with Gasteiger partial charge in [0.1, 0.15) is 17.4 Å². The van der Waals surface area contributed by atoms with Crippen molar-refractivity contribution in [2.24, 2.45) is 0 Å². The number of ether oxygens (including phenoxy) is 2. The Labute approximate surface area is 240 Å². The second-order valence-corrected chi connectivity index (χ2v) is 9.00. The van der Waals surface area contributed by atoms with Crippen LogP contribution in [0.4, 0.5) is 5.69 Å². The number of benzene rings is 3. The number of nitrogens with one attached hydrogen (secondary N) is 1. The summed E-state index contributed by atoms with van der Waals surface area (Å²) in [7, 11) is 0. The number of furan rings is 1. The number of nitriles is 1. The highest BCUT2D eigenvalue weighted by Crippen LogP contribution is 2.31. The van der Waals surface area contributed by atoms with Crippen LogP contribution in [0.2, 0.25) is 0 Å². The maximum absolute atomic E-state index is 12.9. The molecule has 0 fully saturated rings. The molecule has 10 heteroatoms. The number of imide groups is 1. The first kappa shape index (κ1) is 27.6. The molecule has 3 aromatic carbocycles. The fourth-order valence-electron chi connectivity index (χ4n) is 4.29. The summed E-state index contributed by atoms with van der Waals surface area (Å²) >= 11 is 0. The number of fused-ring (bicyclic) bond motifs is 1. The van der Waals surface area contributed by atoms with Crippen LogP contribution in [-0.2, 0) is 11.3 Å². The van der Waals surface area contributed by atoms with Crippen LogP contribution in [0.15, 0.2) is 95.1 Å². The van der Waals surface area contributed by atoms with Gasteiger partial charge in [-0.05, 0) is 79.2 Å². The number of hydrogen-bond acceptors (Lipinski definition) is 8. The van der Waals surface area contributed by atoms with Crippen molar-refractivity contribution < 1.29 is 33.1 Å². The first-order valence-corrected chi connectivity index (χ1v) is 12.9. The molecule has 0 bridgehead atoms. The molecule has 0 radical (unpaired) electrons. The van der Waals surface area contributed by atoms with Crippen molar-refractivity contribution in [3.8, 4) is 17.6 Å². The minimum Gasteiger partial charge on any atom is -0.490 e. The minimum absolute atomic E-state index is 0.128. The number of carbonyl (C=O) groups excluding carboxylic acids is 4. The summed E-state index contributed by atoms with van der Waals surface area (Å²) in [5, 5.41) is 12.1. The van der Waals surface area contributed by atoms with E-state index in [1.165, 1.54) is 42.7 Å². The van der Waals surface area contributed by atoms with E-state index in [0.29, 0.717) is 28.1 Å². The molecule has 0 aliphatic carbocycles. The number of anilines is 1. The van der Waals surface area contributed by atoms with Crippen molar-refractivity contribution >= 4 is 35.5 Å². The molecule has 0 atom stereocenters. The van der Waals surface area contributed by atoms with Crippen molar-refractivity contribution in [2.75, 3.05) is 11.5 Å². The fourth-order valence-corrected chi connectivity index (χ4v) is 4.29. The van der Waals surface area contributed by atoms with E-state index in [0.717, 1.165) is 4.90 Å². The van der Waals surface area contributed by atoms with Gasteiger partial charge in [-0.1, -0.05) is 18.2 Å². The third-order valence-corrected chi connectivity index (χ3v) is 6.30. The molecule has 208 valence electrons. The van der Waals surface area contributed by atoms with Crippen molar-refractivity contribution in [1.29, 1.82) is 5.26 Å². The zero-order chi connectivity index (χ0) is 29.6. The smallest absolute Gasteiger partial charge is 0.343 e. The lowest BCUT2D eigenvalue weighted by molar-refractivity contribution is -0.117. The largest absolute Gasteiger partial charge is 0.490 e. The van der Waals surface area contributed by atoms with Crippen LogP contribution in [0.1, 0.15) is 49.3 Å². The fraction of sp³-hybridized carbons (Fsp3) is 0.0938. The van der Waals surface area contributed by atoms with Crippen molar-refractivity contribution in [2.45, 2.75) is 13.5 Å². The molecule has 0 spiro atoms. The van der Waals surface area contributed by atoms with Gasteiger partial charge in [0.25, 0.3) is 17.7 Å². The normalized spacial score (nSPS) is 12.5. The molecule has 3 amide bonds. The van der Waals surface area contributed by atoms with Crippen LogP contribution < -0.4 is 19.7 Å². The van der Waals surface area contributed by atoms with E-state index in [9.17, 15) is 24.4 Å². The van der Waals surface area contributed by atoms with Crippen molar-refractivity contribution in [1.82, 2.24) is 5.32 Å². The highest BCUT2D eigenvalue weighted by Gasteiger charge is 2.36. The van der Waals surface area contributed by atoms with Crippen molar-refractivity contribution in [3.05, 3.63) is 119 Å². The first-order chi connectivity index (χ1) is 20.4. The lowest BCUT2D eigenvalue weighted by Gasteiger charge is -2.15. The molecule has 0 saturated carbocycles. The van der Waals surface area contributed by atoms with Gasteiger partial charge in [-0.25, -0.2) is 9.69 Å². The van der Waals surface area contributed by atoms with E-state index in [2.05, 4.69) is 5.32 Å². The molecule has 5 rings (SSSR count). The van der Waals surface area contributed by atoms with Gasteiger partial charge in [0.2, 0.25) is 0 Å².